The molecule has 0 saturated heterocycles. The molecule has 0 bridgehead atoms. The first-order valence-electron chi connectivity index (χ1n) is 6.85. The van der Waals surface area contributed by atoms with Gasteiger partial charge in [0.05, 0.1) is 5.70 Å². The van der Waals surface area contributed by atoms with Crippen molar-refractivity contribution in [3.8, 4) is 0 Å². The summed E-state index contributed by atoms with van der Waals surface area (Å²) in [6.45, 7) is 15.4. The van der Waals surface area contributed by atoms with Crippen LogP contribution >= 0.6 is 0 Å². The number of rotatable bonds is 6. The van der Waals surface area contributed by atoms with Crippen LogP contribution in [0.5, 0.6) is 0 Å². The average Bonchev–Trinajstić information content (AvgIpc) is 2.28. The van der Waals surface area contributed by atoms with Crippen LogP contribution in [0.4, 0.5) is 0 Å². The van der Waals surface area contributed by atoms with Crippen LogP contribution in [-0.4, -0.2) is 6.21 Å². The van der Waals surface area contributed by atoms with Gasteiger partial charge in [-0.25, -0.2) is 0 Å². The molecule has 0 aliphatic heterocycles. The molecule has 98 valence electrons. The van der Waals surface area contributed by atoms with Crippen LogP contribution in [0.1, 0.15) is 61.3 Å². The molecule has 1 unspecified atom stereocenters. The number of nitrogens with zero attached hydrogens (tertiary/aromatic N) is 1. The first kappa shape index (κ1) is 16.1. The van der Waals surface area contributed by atoms with Gasteiger partial charge in [0, 0.05) is 6.21 Å². The van der Waals surface area contributed by atoms with E-state index in [1.807, 2.05) is 0 Å². The minimum absolute atomic E-state index is 0.532. The number of hydrogen-bond acceptors (Lipinski definition) is 1. The van der Waals surface area contributed by atoms with Gasteiger partial charge >= 0.3 is 0 Å². The average molecular weight is 235 g/mol. The van der Waals surface area contributed by atoms with Crippen LogP contribution < -0.4 is 0 Å². The van der Waals surface area contributed by atoms with Gasteiger partial charge in [0.15, 0.2) is 0 Å². The van der Waals surface area contributed by atoms with Gasteiger partial charge in [0.2, 0.25) is 0 Å². The lowest BCUT2D eigenvalue weighted by Crippen LogP contribution is -2.05. The first-order chi connectivity index (χ1) is 7.93. The van der Waals surface area contributed by atoms with Crippen LogP contribution in [-0.2, 0) is 0 Å². The summed E-state index contributed by atoms with van der Waals surface area (Å²) in [5, 5.41) is 0. The summed E-state index contributed by atoms with van der Waals surface area (Å²) in [4.78, 5) is 4.72. The molecule has 0 rings (SSSR count). The van der Waals surface area contributed by atoms with E-state index >= 15 is 0 Å². The normalized spacial score (nSPS) is 16.6. The third-order valence-corrected chi connectivity index (χ3v) is 3.31. The fourth-order valence-electron chi connectivity index (χ4n) is 1.48. The smallest absolute Gasteiger partial charge is 0.0640 e. The Hall–Kier alpha value is -0.850. The van der Waals surface area contributed by atoms with Crippen LogP contribution in [0, 0.1) is 11.8 Å². The second kappa shape index (κ2) is 8.27. The predicted octanol–water partition coefficient (Wildman–Crippen LogP) is 5.39. The molecule has 0 spiro atoms. The zero-order valence-electron chi connectivity index (χ0n) is 12.7. The van der Waals surface area contributed by atoms with Gasteiger partial charge in [-0.3, -0.25) is 4.99 Å². The fraction of sp³-hybridized carbons (Fsp3) is 0.688. The van der Waals surface area contributed by atoms with Gasteiger partial charge in [-0.1, -0.05) is 40.7 Å². The molecule has 0 saturated carbocycles. The minimum atomic E-state index is 0.532. The van der Waals surface area contributed by atoms with Gasteiger partial charge in [0.1, 0.15) is 0 Å². The number of hydrogen-bond donors (Lipinski definition) is 0. The van der Waals surface area contributed by atoms with Crippen LogP contribution in [0.15, 0.2) is 27.9 Å². The summed E-state index contributed by atoms with van der Waals surface area (Å²) in [5.41, 5.74) is 3.86. The molecule has 0 aliphatic carbocycles. The molecule has 0 amide bonds. The summed E-state index contributed by atoms with van der Waals surface area (Å²) in [5.74, 6) is 1.18. The van der Waals surface area contributed by atoms with E-state index in [0.717, 1.165) is 12.8 Å². The Morgan fingerprint density at radius 3 is 2.12 bits per heavy atom. The first-order valence-corrected chi connectivity index (χ1v) is 6.85. The molecule has 17 heavy (non-hydrogen) atoms. The van der Waals surface area contributed by atoms with Crippen molar-refractivity contribution in [1.29, 1.82) is 0 Å². The van der Waals surface area contributed by atoms with Gasteiger partial charge < -0.3 is 0 Å². The highest BCUT2D eigenvalue weighted by Crippen LogP contribution is 2.19. The topological polar surface area (TPSA) is 12.4 Å². The van der Waals surface area contributed by atoms with Crippen molar-refractivity contribution >= 4 is 6.21 Å². The Kier molecular flexibility index (Phi) is 7.86. The van der Waals surface area contributed by atoms with E-state index < -0.39 is 0 Å². The maximum Gasteiger partial charge on any atom is 0.0640 e. The van der Waals surface area contributed by atoms with E-state index in [1.54, 1.807) is 0 Å². The van der Waals surface area contributed by atoms with Crippen molar-refractivity contribution in [1.82, 2.24) is 0 Å². The molecule has 0 radical (unpaired) electrons. The fourth-order valence-corrected chi connectivity index (χ4v) is 1.48. The largest absolute Gasteiger partial charge is 0.261 e. The van der Waals surface area contributed by atoms with Gasteiger partial charge in [-0.05, 0) is 49.7 Å². The van der Waals surface area contributed by atoms with E-state index in [2.05, 4.69) is 60.8 Å². The van der Waals surface area contributed by atoms with Crippen LogP contribution in [0.2, 0.25) is 0 Å². The zero-order valence-corrected chi connectivity index (χ0v) is 12.7. The maximum absolute atomic E-state index is 4.72. The number of allylic oxidation sites excluding steroid dienone is 3. The molecular weight excluding hydrogens is 206 g/mol. The summed E-state index contributed by atoms with van der Waals surface area (Å²) in [7, 11) is 0. The molecular formula is C16H29N. The molecule has 0 aromatic rings. The Labute approximate surface area is 108 Å². The zero-order chi connectivity index (χ0) is 13.4. The Bertz CT molecular complexity index is 305. The molecule has 0 N–H and O–H groups in total. The van der Waals surface area contributed by atoms with Crippen molar-refractivity contribution in [3.63, 3.8) is 0 Å². The van der Waals surface area contributed by atoms with E-state index in [1.165, 1.54) is 16.8 Å². The van der Waals surface area contributed by atoms with Crippen molar-refractivity contribution in [2.75, 3.05) is 0 Å². The summed E-state index contributed by atoms with van der Waals surface area (Å²) < 4.78 is 0. The van der Waals surface area contributed by atoms with Gasteiger partial charge in [-0.15, -0.1) is 0 Å². The Balaban J connectivity index is 5.06. The Morgan fingerprint density at radius 2 is 1.71 bits per heavy atom. The summed E-state index contributed by atoms with van der Waals surface area (Å²) in [6, 6.07) is 0. The molecule has 0 aliphatic rings. The monoisotopic (exact) mass is 235 g/mol. The van der Waals surface area contributed by atoms with Crippen molar-refractivity contribution in [2.45, 2.75) is 61.3 Å². The molecule has 0 aromatic heterocycles. The minimum Gasteiger partial charge on any atom is -0.261 e. The maximum atomic E-state index is 4.72. The second-order valence-corrected chi connectivity index (χ2v) is 5.16. The predicted molar refractivity (Wildman–Crippen MR) is 79.5 cm³/mol. The third-order valence-electron chi connectivity index (χ3n) is 3.31. The third kappa shape index (κ3) is 5.86. The lowest BCUT2D eigenvalue weighted by atomic mass is 9.99. The van der Waals surface area contributed by atoms with Crippen molar-refractivity contribution in [3.05, 3.63) is 22.9 Å². The van der Waals surface area contributed by atoms with Crippen LogP contribution in [0.3, 0.4) is 0 Å². The van der Waals surface area contributed by atoms with E-state index in [4.69, 9.17) is 4.99 Å². The molecule has 1 heteroatoms. The lowest BCUT2D eigenvalue weighted by Gasteiger charge is -2.11. The van der Waals surface area contributed by atoms with E-state index in [9.17, 15) is 0 Å². The van der Waals surface area contributed by atoms with Gasteiger partial charge in [-0.2, -0.15) is 0 Å². The molecule has 0 heterocycles. The number of aliphatic imine (C=N–C) groups is 1. The summed E-state index contributed by atoms with van der Waals surface area (Å²) >= 11 is 0. The van der Waals surface area contributed by atoms with Gasteiger partial charge in [0.25, 0.3) is 0 Å². The van der Waals surface area contributed by atoms with Crippen molar-refractivity contribution < 1.29 is 0 Å². The molecule has 0 fully saturated rings. The molecule has 1 atom stereocenters. The lowest BCUT2D eigenvalue weighted by molar-refractivity contribution is 0.540. The standard InChI is InChI=1S/C16H29N/c1-8-10-14(6)16(13(5)9-2)17-11-15(7)12(3)4/h10-12,15H,8-9H2,1-7H3/b14-10-,16-13+,17-11?. The second-order valence-electron chi connectivity index (χ2n) is 5.16. The van der Waals surface area contributed by atoms with E-state index in [0.29, 0.717) is 11.8 Å². The van der Waals surface area contributed by atoms with Crippen LogP contribution in [0.25, 0.3) is 0 Å². The molecule has 1 nitrogen and oxygen atoms in total. The van der Waals surface area contributed by atoms with Crippen molar-refractivity contribution in [2.24, 2.45) is 16.8 Å². The van der Waals surface area contributed by atoms with E-state index in [-0.39, 0.29) is 0 Å². The summed E-state index contributed by atoms with van der Waals surface area (Å²) in [6.07, 6.45) is 6.50. The highest BCUT2D eigenvalue weighted by Gasteiger charge is 2.05. The highest BCUT2D eigenvalue weighted by atomic mass is 14.7. The SMILES string of the molecule is CC/C=C(C)\C(N=CC(C)C(C)C)=C(\C)CC. The molecule has 0 aromatic carbocycles. The highest BCUT2D eigenvalue weighted by molar-refractivity contribution is 5.63. The quantitative estimate of drug-likeness (QED) is 0.432. The Morgan fingerprint density at radius 1 is 1.12 bits per heavy atom.